The summed E-state index contributed by atoms with van der Waals surface area (Å²) in [5.74, 6) is -0.196. The highest BCUT2D eigenvalue weighted by Crippen LogP contribution is 2.13. The van der Waals surface area contributed by atoms with Crippen LogP contribution < -0.4 is 10.9 Å². The van der Waals surface area contributed by atoms with E-state index >= 15 is 0 Å². The molecule has 1 unspecified atom stereocenters. The fourth-order valence-corrected chi connectivity index (χ4v) is 2.35. The smallest absolute Gasteiger partial charge is 0.262 e. The van der Waals surface area contributed by atoms with E-state index in [0.717, 1.165) is 0 Å². The molecule has 0 saturated heterocycles. The van der Waals surface area contributed by atoms with Crippen LogP contribution in [0, 0.1) is 0 Å². The molecule has 0 fully saturated rings. The number of aliphatic hydroxyl groups is 1. The van der Waals surface area contributed by atoms with E-state index in [1.54, 1.807) is 13.0 Å². The molecule has 2 N–H and O–H groups in total. The first-order valence-corrected chi connectivity index (χ1v) is 6.83. The van der Waals surface area contributed by atoms with Crippen LogP contribution in [0.3, 0.4) is 0 Å². The molecule has 0 radical (unpaired) electrons. The largest absolute Gasteiger partial charge is 0.392 e. The number of nitrogens with one attached hydrogen (secondary N) is 1. The van der Waals surface area contributed by atoms with Crippen molar-refractivity contribution in [1.82, 2.24) is 14.9 Å². The number of carbonyl (C=O) groups is 1. The van der Waals surface area contributed by atoms with Crippen LogP contribution in [0.2, 0.25) is 0 Å². The van der Waals surface area contributed by atoms with Crippen LogP contribution in [0.5, 0.6) is 0 Å². The van der Waals surface area contributed by atoms with E-state index in [2.05, 4.69) is 10.3 Å². The maximum absolute atomic E-state index is 12.0. The quantitative estimate of drug-likeness (QED) is 0.828. The fourth-order valence-electron chi connectivity index (χ4n) is 1.62. The van der Waals surface area contributed by atoms with Gasteiger partial charge in [0.2, 0.25) is 5.91 Å². The highest BCUT2D eigenvalue weighted by molar-refractivity contribution is 7.16. The summed E-state index contributed by atoms with van der Waals surface area (Å²) in [6.07, 6.45) is 1.07. The average molecular weight is 281 g/mol. The molecule has 2 heterocycles. The van der Waals surface area contributed by atoms with Crippen molar-refractivity contribution >= 4 is 27.5 Å². The van der Waals surface area contributed by atoms with Gasteiger partial charge >= 0.3 is 0 Å². The minimum atomic E-state index is -0.574. The number of carbonyl (C=O) groups excluding carboxylic acids is 1. The van der Waals surface area contributed by atoms with Crippen LogP contribution >= 0.6 is 11.3 Å². The summed E-state index contributed by atoms with van der Waals surface area (Å²) in [7, 11) is 0. The van der Waals surface area contributed by atoms with Gasteiger partial charge in [-0.2, -0.15) is 0 Å². The topological polar surface area (TPSA) is 84.2 Å². The van der Waals surface area contributed by atoms with E-state index in [9.17, 15) is 9.59 Å². The molecule has 102 valence electrons. The molecule has 0 spiro atoms. The summed E-state index contributed by atoms with van der Waals surface area (Å²) in [5.41, 5.74) is -0.130. The van der Waals surface area contributed by atoms with E-state index in [1.165, 1.54) is 22.2 Å². The molecule has 1 atom stereocenters. The number of rotatable bonds is 5. The highest BCUT2D eigenvalue weighted by atomic mass is 32.1. The average Bonchev–Trinajstić information content (AvgIpc) is 2.84. The standard InChI is InChI=1S/C12H15N3O3S/c1-8(16)6-13-10(17)2-4-15-7-14-11-9(12(15)18)3-5-19-11/h3,5,7-8,16H,2,4,6H2,1H3,(H,13,17). The van der Waals surface area contributed by atoms with E-state index in [-0.39, 0.29) is 31.0 Å². The molecule has 2 aromatic rings. The number of hydrogen-bond donors (Lipinski definition) is 2. The lowest BCUT2D eigenvalue weighted by atomic mass is 10.3. The van der Waals surface area contributed by atoms with E-state index in [0.29, 0.717) is 10.2 Å². The second-order valence-corrected chi connectivity index (χ2v) is 5.18. The van der Waals surface area contributed by atoms with Crippen LogP contribution in [0.4, 0.5) is 0 Å². The van der Waals surface area contributed by atoms with Crippen molar-refractivity contribution in [2.24, 2.45) is 0 Å². The SMILES string of the molecule is CC(O)CNC(=O)CCn1cnc2sccc2c1=O. The zero-order chi connectivity index (χ0) is 13.8. The van der Waals surface area contributed by atoms with Gasteiger partial charge in [-0.05, 0) is 18.4 Å². The monoisotopic (exact) mass is 281 g/mol. The van der Waals surface area contributed by atoms with E-state index in [1.807, 2.05) is 5.38 Å². The van der Waals surface area contributed by atoms with Crippen molar-refractivity contribution in [3.05, 3.63) is 28.1 Å². The molecule has 2 rings (SSSR count). The van der Waals surface area contributed by atoms with Gasteiger partial charge in [-0.25, -0.2) is 4.98 Å². The zero-order valence-electron chi connectivity index (χ0n) is 10.5. The highest BCUT2D eigenvalue weighted by Gasteiger charge is 2.07. The summed E-state index contributed by atoms with van der Waals surface area (Å²) in [5, 5.41) is 14.0. The second kappa shape index (κ2) is 5.94. The molecular formula is C12H15N3O3S. The first-order chi connectivity index (χ1) is 9.08. The molecule has 0 saturated carbocycles. The van der Waals surface area contributed by atoms with Crippen molar-refractivity contribution in [3.8, 4) is 0 Å². The number of nitrogens with zero attached hydrogens (tertiary/aromatic N) is 2. The van der Waals surface area contributed by atoms with Gasteiger partial charge in [-0.3, -0.25) is 14.2 Å². The van der Waals surface area contributed by atoms with Gasteiger partial charge in [0.25, 0.3) is 5.56 Å². The first-order valence-electron chi connectivity index (χ1n) is 5.95. The number of thiophene rings is 1. The minimum Gasteiger partial charge on any atom is -0.392 e. The molecule has 1 amide bonds. The van der Waals surface area contributed by atoms with Crippen LogP contribution in [-0.2, 0) is 11.3 Å². The third-order valence-corrected chi connectivity index (χ3v) is 3.45. The van der Waals surface area contributed by atoms with Gasteiger partial charge in [0.15, 0.2) is 0 Å². The lowest BCUT2D eigenvalue weighted by Crippen LogP contribution is -2.32. The van der Waals surface area contributed by atoms with E-state index in [4.69, 9.17) is 5.11 Å². The molecule has 0 aliphatic carbocycles. The summed E-state index contributed by atoms with van der Waals surface area (Å²) in [6.45, 7) is 2.10. The summed E-state index contributed by atoms with van der Waals surface area (Å²) in [4.78, 5) is 28.4. The number of aromatic nitrogens is 2. The van der Waals surface area contributed by atoms with Gasteiger partial charge in [0, 0.05) is 19.5 Å². The Morgan fingerprint density at radius 1 is 1.63 bits per heavy atom. The van der Waals surface area contributed by atoms with Crippen LogP contribution in [0.25, 0.3) is 10.2 Å². The van der Waals surface area contributed by atoms with E-state index < -0.39 is 6.10 Å². The predicted molar refractivity (Wildman–Crippen MR) is 73.2 cm³/mol. The van der Waals surface area contributed by atoms with Gasteiger partial charge in [-0.1, -0.05) is 0 Å². The van der Waals surface area contributed by atoms with Crippen molar-refractivity contribution < 1.29 is 9.90 Å². The second-order valence-electron chi connectivity index (χ2n) is 4.29. The maximum atomic E-state index is 12.0. The molecular weight excluding hydrogens is 266 g/mol. The van der Waals surface area contributed by atoms with Gasteiger partial charge in [0.1, 0.15) is 4.83 Å². The normalized spacial score (nSPS) is 12.5. The molecule has 19 heavy (non-hydrogen) atoms. The lowest BCUT2D eigenvalue weighted by Gasteiger charge is -2.08. The summed E-state index contributed by atoms with van der Waals surface area (Å²) in [6, 6.07) is 1.74. The zero-order valence-corrected chi connectivity index (χ0v) is 11.3. The molecule has 0 bridgehead atoms. The molecule has 2 aromatic heterocycles. The maximum Gasteiger partial charge on any atom is 0.262 e. The third kappa shape index (κ3) is 3.39. The number of aliphatic hydroxyl groups excluding tert-OH is 1. The van der Waals surface area contributed by atoms with Gasteiger partial charge < -0.3 is 10.4 Å². The Morgan fingerprint density at radius 2 is 2.42 bits per heavy atom. The van der Waals surface area contributed by atoms with Crippen molar-refractivity contribution in [3.63, 3.8) is 0 Å². The number of hydrogen-bond acceptors (Lipinski definition) is 5. The fraction of sp³-hybridized carbons (Fsp3) is 0.417. The summed E-state index contributed by atoms with van der Waals surface area (Å²) >= 11 is 1.41. The molecule has 0 aromatic carbocycles. The van der Waals surface area contributed by atoms with Gasteiger partial charge in [-0.15, -0.1) is 11.3 Å². The Labute approximate surface area is 113 Å². The Kier molecular flexibility index (Phi) is 4.28. The molecule has 7 heteroatoms. The number of aryl methyl sites for hydroxylation is 1. The Bertz CT molecular complexity index is 632. The van der Waals surface area contributed by atoms with Crippen molar-refractivity contribution in [1.29, 1.82) is 0 Å². The van der Waals surface area contributed by atoms with Crippen molar-refractivity contribution in [2.75, 3.05) is 6.54 Å². The molecule has 0 aliphatic heterocycles. The Hall–Kier alpha value is -1.73. The minimum absolute atomic E-state index is 0.130. The first kappa shape index (κ1) is 13.7. The molecule has 6 nitrogen and oxygen atoms in total. The summed E-state index contributed by atoms with van der Waals surface area (Å²) < 4.78 is 1.43. The van der Waals surface area contributed by atoms with Gasteiger partial charge in [0.05, 0.1) is 17.8 Å². The Balaban J connectivity index is 2.00. The lowest BCUT2D eigenvalue weighted by molar-refractivity contribution is -0.121. The van der Waals surface area contributed by atoms with Crippen LogP contribution in [0.15, 0.2) is 22.6 Å². The third-order valence-electron chi connectivity index (χ3n) is 2.62. The molecule has 0 aliphatic rings. The predicted octanol–water partition coefficient (Wildman–Crippen LogP) is 0.345. The van der Waals surface area contributed by atoms with Crippen LogP contribution in [0.1, 0.15) is 13.3 Å². The number of amides is 1. The van der Waals surface area contributed by atoms with Crippen molar-refractivity contribution in [2.45, 2.75) is 26.0 Å². The Morgan fingerprint density at radius 3 is 3.16 bits per heavy atom. The van der Waals surface area contributed by atoms with Crippen LogP contribution in [-0.4, -0.2) is 33.2 Å². The number of fused-ring (bicyclic) bond motifs is 1.